The zero-order valence-electron chi connectivity index (χ0n) is 43.3. The first-order chi connectivity index (χ1) is 34.9. The number of hydrogen-bond acceptors (Lipinski definition) is 16. The molecule has 412 valence electrons. The Morgan fingerprint density at radius 3 is 1.57 bits per heavy atom. The zero-order chi connectivity index (χ0) is 52.7. The fourth-order valence-electron chi connectivity index (χ4n) is 6.33. The van der Waals surface area contributed by atoms with E-state index in [4.69, 9.17) is 47.7 Å². The molecule has 0 fully saturated rings. The molecule has 0 aromatic heterocycles. The minimum Gasteiger partial charge on any atom is -0.494 e. The molecule has 1 aromatic carbocycles. The van der Waals surface area contributed by atoms with E-state index in [1.807, 2.05) is 6.92 Å². The summed E-state index contributed by atoms with van der Waals surface area (Å²) in [5.41, 5.74) is 0.239. The maximum atomic E-state index is 12.1. The van der Waals surface area contributed by atoms with Gasteiger partial charge < -0.3 is 69.0 Å². The van der Waals surface area contributed by atoms with Gasteiger partial charge in [0.15, 0.2) is 5.78 Å². The van der Waals surface area contributed by atoms with E-state index in [1.54, 1.807) is 26.0 Å². The van der Waals surface area contributed by atoms with Crippen LogP contribution in [0.25, 0.3) is 0 Å². The highest BCUT2D eigenvalue weighted by molar-refractivity contribution is 5.87. The number of amides is 4. The zero-order valence-corrected chi connectivity index (χ0v) is 43.3. The van der Waals surface area contributed by atoms with Gasteiger partial charge in [-0.3, -0.25) is 28.8 Å². The number of carbonyl (C=O) groups is 7. The second kappa shape index (κ2) is 46.2. The summed E-state index contributed by atoms with van der Waals surface area (Å²) >= 11 is 0. The van der Waals surface area contributed by atoms with Crippen molar-refractivity contribution in [1.82, 2.24) is 21.3 Å². The van der Waals surface area contributed by atoms with Crippen LogP contribution in [0.5, 0.6) is 5.75 Å². The quantitative estimate of drug-likeness (QED) is 0.0583. The van der Waals surface area contributed by atoms with Crippen LogP contribution in [-0.4, -0.2) is 184 Å². The summed E-state index contributed by atoms with van der Waals surface area (Å²) in [5.74, 6) is -0.888. The molecule has 0 heterocycles. The number of carboxylic acid groups (broad SMARTS) is 1. The lowest BCUT2D eigenvalue weighted by Gasteiger charge is -2.14. The van der Waals surface area contributed by atoms with Crippen molar-refractivity contribution in [3.8, 4) is 5.75 Å². The number of unbranched alkanes of at least 4 members (excludes halogenated alkanes) is 7. The van der Waals surface area contributed by atoms with Gasteiger partial charge in [-0.05, 0) is 70.2 Å². The van der Waals surface area contributed by atoms with Crippen molar-refractivity contribution >= 4 is 41.2 Å². The average molecular weight is 1030 g/mol. The van der Waals surface area contributed by atoms with Crippen LogP contribution in [0.15, 0.2) is 24.3 Å². The normalized spacial score (nSPS) is 11.9. The Morgan fingerprint density at radius 1 is 0.472 bits per heavy atom. The van der Waals surface area contributed by atoms with E-state index < -0.39 is 5.97 Å². The third-order valence-electron chi connectivity index (χ3n) is 10.6. The van der Waals surface area contributed by atoms with Crippen LogP contribution in [0.1, 0.15) is 115 Å². The summed E-state index contributed by atoms with van der Waals surface area (Å²) < 4.78 is 49.0. The number of carboxylic acids is 1. The molecule has 0 aliphatic heterocycles. The number of ether oxygens (including phenoxy) is 9. The Balaban J connectivity index is 1.78. The summed E-state index contributed by atoms with van der Waals surface area (Å²) in [4.78, 5) is 82.1. The molecule has 0 radical (unpaired) electrons. The van der Waals surface area contributed by atoms with E-state index >= 15 is 0 Å². The summed E-state index contributed by atoms with van der Waals surface area (Å²) in [5, 5.41) is 20.0. The lowest BCUT2D eigenvalue weighted by atomic mass is 10.0. The molecule has 21 nitrogen and oxygen atoms in total. The fourth-order valence-corrected chi connectivity index (χ4v) is 6.33. The van der Waals surface area contributed by atoms with Gasteiger partial charge in [0.1, 0.15) is 38.0 Å². The van der Waals surface area contributed by atoms with Crippen LogP contribution in [0, 0.1) is 5.92 Å². The van der Waals surface area contributed by atoms with Crippen LogP contribution in [-0.2, 0) is 66.7 Å². The Bertz CT molecular complexity index is 1600. The lowest BCUT2D eigenvalue weighted by molar-refractivity contribution is -0.129. The molecule has 4 amide bonds. The van der Waals surface area contributed by atoms with Crippen molar-refractivity contribution in [2.75, 3.05) is 132 Å². The molecule has 1 rings (SSSR count). The molecule has 0 aliphatic carbocycles. The highest BCUT2D eigenvalue weighted by Gasteiger charge is 2.10. The Labute approximate surface area is 426 Å². The first kappa shape index (κ1) is 65.4. The van der Waals surface area contributed by atoms with Gasteiger partial charge in [0, 0.05) is 51.5 Å². The molecule has 0 spiro atoms. The molecular formula is C51H86N4O17. The largest absolute Gasteiger partial charge is 0.494 e. The van der Waals surface area contributed by atoms with Crippen molar-refractivity contribution in [3.63, 3.8) is 0 Å². The van der Waals surface area contributed by atoms with Crippen molar-refractivity contribution < 1.29 is 81.3 Å². The predicted octanol–water partition coefficient (Wildman–Crippen LogP) is 3.62. The summed E-state index contributed by atoms with van der Waals surface area (Å²) in [6.07, 6.45) is 10.6. The van der Waals surface area contributed by atoms with E-state index in [9.17, 15) is 33.6 Å². The number of hydrogen-bond donors (Lipinski definition) is 5. The highest BCUT2D eigenvalue weighted by Crippen LogP contribution is 2.14. The minimum atomic E-state index is -0.955. The van der Waals surface area contributed by atoms with Crippen LogP contribution in [0.2, 0.25) is 0 Å². The summed E-state index contributed by atoms with van der Waals surface area (Å²) in [6.45, 7) is 10.2. The van der Waals surface area contributed by atoms with Crippen molar-refractivity contribution in [2.24, 2.45) is 5.92 Å². The predicted molar refractivity (Wildman–Crippen MR) is 267 cm³/mol. The fraction of sp³-hybridized carbons (Fsp3) is 0.745. The molecule has 0 bridgehead atoms. The number of aromatic carboxylic acids is 1. The number of ketones is 2. The smallest absolute Gasteiger partial charge is 0.335 e. The molecule has 0 saturated carbocycles. The van der Waals surface area contributed by atoms with E-state index in [0.29, 0.717) is 77.6 Å². The third-order valence-corrected chi connectivity index (χ3v) is 10.6. The van der Waals surface area contributed by atoms with Crippen LogP contribution in [0.3, 0.4) is 0 Å². The van der Waals surface area contributed by atoms with Gasteiger partial charge in [-0.1, -0.05) is 45.4 Å². The molecule has 1 aromatic rings. The highest BCUT2D eigenvalue weighted by atomic mass is 16.5. The second-order valence-electron chi connectivity index (χ2n) is 17.1. The van der Waals surface area contributed by atoms with E-state index in [0.717, 1.165) is 64.2 Å². The maximum Gasteiger partial charge on any atom is 0.335 e. The first-order valence-electron chi connectivity index (χ1n) is 25.6. The van der Waals surface area contributed by atoms with Gasteiger partial charge in [-0.25, -0.2) is 4.79 Å². The SMILES string of the molecule is CC(=O)[C@@H](C)CCCCNC(=O)COC(C)COCCNC(=O)COCCOCCCC(=O)COCCOCCNC(=O)COCCOCCNC(=O)CCCCCCCCCOc1ccc(C(=O)O)cc1. The van der Waals surface area contributed by atoms with Gasteiger partial charge >= 0.3 is 5.97 Å². The molecule has 0 aliphatic rings. The van der Waals surface area contributed by atoms with Crippen molar-refractivity contribution in [1.29, 1.82) is 0 Å². The molecule has 5 N–H and O–H groups in total. The number of benzene rings is 1. The molecule has 2 atom stereocenters. The van der Waals surface area contributed by atoms with Gasteiger partial charge in [0.25, 0.3) is 0 Å². The van der Waals surface area contributed by atoms with Crippen molar-refractivity contribution in [3.05, 3.63) is 29.8 Å². The monoisotopic (exact) mass is 1030 g/mol. The number of nitrogens with one attached hydrogen (secondary N) is 4. The molecule has 1 unspecified atom stereocenters. The number of Topliss-reactive ketones (excluding diaryl/α,β-unsaturated/α-hetero) is 2. The van der Waals surface area contributed by atoms with Crippen LogP contribution in [0.4, 0.5) is 0 Å². The first-order valence-corrected chi connectivity index (χ1v) is 25.6. The Kier molecular flexibility index (Phi) is 42.0. The Hall–Kier alpha value is -4.61. The lowest BCUT2D eigenvalue weighted by Crippen LogP contribution is -2.33. The topological polar surface area (TPSA) is 271 Å². The maximum absolute atomic E-state index is 12.1. The van der Waals surface area contributed by atoms with Gasteiger partial charge in [0.2, 0.25) is 23.6 Å². The van der Waals surface area contributed by atoms with Gasteiger partial charge in [-0.2, -0.15) is 0 Å². The molecule has 21 heteroatoms. The van der Waals surface area contributed by atoms with Gasteiger partial charge in [0.05, 0.1) is 84.3 Å². The van der Waals surface area contributed by atoms with E-state index in [-0.39, 0.29) is 132 Å². The van der Waals surface area contributed by atoms with Crippen molar-refractivity contribution in [2.45, 2.75) is 110 Å². The minimum absolute atomic E-state index is 0.000911. The summed E-state index contributed by atoms with van der Waals surface area (Å²) in [7, 11) is 0. The molecule has 0 saturated heterocycles. The standard InChI is InChI=1S/C51H86N4O17/c1-41(43(3)56)14-10-11-21-52-50(61)40-72-42(2)36-67-29-24-55-49(60)39-69-34-30-64-25-13-15-45(57)37-68-33-31-66-28-23-54-48(59)38-70-35-32-65-27-22-53-47(58)16-9-7-5-4-6-8-12-26-71-46-19-17-44(18-20-46)51(62)63/h17-20,41-42H,4-16,21-40H2,1-3H3,(H,52,61)(H,53,58)(H,54,59)(H,55,60)(H,62,63)/t41-,42?/m0/s1. The van der Waals surface area contributed by atoms with Gasteiger partial charge in [-0.15, -0.1) is 0 Å². The Morgan fingerprint density at radius 2 is 0.972 bits per heavy atom. The van der Waals surface area contributed by atoms with E-state index in [2.05, 4.69) is 21.3 Å². The summed E-state index contributed by atoms with van der Waals surface area (Å²) in [6, 6.07) is 6.40. The van der Waals surface area contributed by atoms with Crippen LogP contribution >= 0.6 is 0 Å². The molecule has 72 heavy (non-hydrogen) atoms. The second-order valence-corrected chi connectivity index (χ2v) is 17.1. The average Bonchev–Trinajstić information content (AvgIpc) is 3.35. The third kappa shape index (κ3) is 42.0. The number of carbonyl (C=O) groups excluding carboxylic acids is 6. The number of rotatable bonds is 51. The molecular weight excluding hydrogens is 941 g/mol. The van der Waals surface area contributed by atoms with E-state index in [1.165, 1.54) is 12.1 Å². The van der Waals surface area contributed by atoms with Crippen LogP contribution < -0.4 is 26.0 Å².